The van der Waals surface area contributed by atoms with Crippen molar-refractivity contribution >= 4 is 17.9 Å². The Morgan fingerprint density at radius 3 is 2.65 bits per heavy atom. The van der Waals surface area contributed by atoms with Crippen LogP contribution in [0.15, 0.2) is 47.5 Å². The number of carboxylic acids is 1. The van der Waals surface area contributed by atoms with E-state index in [4.69, 9.17) is 14.6 Å². The molecule has 0 bridgehead atoms. The van der Waals surface area contributed by atoms with E-state index in [0.29, 0.717) is 17.1 Å². The lowest BCUT2D eigenvalue weighted by molar-refractivity contribution is -0.144. The van der Waals surface area contributed by atoms with Crippen molar-refractivity contribution in [2.75, 3.05) is 7.11 Å². The molecule has 5 heteroatoms. The Labute approximate surface area is 135 Å². The van der Waals surface area contributed by atoms with Gasteiger partial charge >= 0.3 is 5.97 Å². The number of para-hydroxylation sites is 1. The van der Waals surface area contributed by atoms with Gasteiger partial charge in [-0.25, -0.2) is 4.79 Å². The average Bonchev–Trinajstić information content (AvgIpc) is 2.53. The summed E-state index contributed by atoms with van der Waals surface area (Å²) in [6.45, 7) is 3.46. The summed E-state index contributed by atoms with van der Waals surface area (Å²) in [5, 5.41) is 9.04. The van der Waals surface area contributed by atoms with Crippen molar-refractivity contribution in [3.63, 3.8) is 0 Å². The Hall–Kier alpha value is -2.82. The molecule has 120 valence electrons. The fourth-order valence-corrected chi connectivity index (χ4v) is 2.00. The van der Waals surface area contributed by atoms with Gasteiger partial charge in [-0.2, -0.15) is 0 Å². The smallest absolute Gasteiger partial charge is 0.344 e. The molecule has 0 spiro atoms. The monoisotopic (exact) mass is 313 g/mol. The summed E-state index contributed by atoms with van der Waals surface area (Å²) in [6.07, 6.45) is 0.652. The van der Waals surface area contributed by atoms with Gasteiger partial charge < -0.3 is 14.6 Å². The van der Waals surface area contributed by atoms with Crippen molar-refractivity contribution in [3.8, 4) is 11.5 Å². The van der Waals surface area contributed by atoms with Crippen LogP contribution in [0.4, 0.5) is 5.69 Å². The van der Waals surface area contributed by atoms with E-state index in [-0.39, 0.29) is 0 Å². The van der Waals surface area contributed by atoms with Crippen LogP contribution < -0.4 is 9.47 Å². The van der Waals surface area contributed by atoms with E-state index in [9.17, 15) is 4.79 Å². The summed E-state index contributed by atoms with van der Waals surface area (Å²) < 4.78 is 10.8. The first-order valence-corrected chi connectivity index (χ1v) is 7.18. The molecule has 5 nitrogen and oxygen atoms in total. The van der Waals surface area contributed by atoms with Crippen LogP contribution in [0.5, 0.6) is 11.5 Å². The largest absolute Gasteiger partial charge is 0.493 e. The Morgan fingerprint density at radius 2 is 2.00 bits per heavy atom. The van der Waals surface area contributed by atoms with Crippen LogP contribution in [-0.2, 0) is 4.79 Å². The summed E-state index contributed by atoms with van der Waals surface area (Å²) in [6, 6.07) is 13.1. The van der Waals surface area contributed by atoms with Crippen LogP contribution in [0.3, 0.4) is 0 Å². The molecule has 0 aliphatic carbocycles. The van der Waals surface area contributed by atoms with Crippen molar-refractivity contribution in [2.45, 2.75) is 20.0 Å². The Kier molecular flexibility index (Phi) is 5.36. The van der Waals surface area contributed by atoms with Gasteiger partial charge in [-0.15, -0.1) is 0 Å². The summed E-state index contributed by atoms with van der Waals surface area (Å²) >= 11 is 0. The number of rotatable bonds is 6. The molecule has 0 heterocycles. The number of nitrogens with zero attached hydrogens (tertiary/aromatic N) is 1. The van der Waals surface area contributed by atoms with Crippen LogP contribution in [0.1, 0.15) is 18.1 Å². The molecule has 0 radical (unpaired) electrons. The minimum atomic E-state index is -1.04. The highest BCUT2D eigenvalue weighted by Gasteiger charge is 2.17. The van der Waals surface area contributed by atoms with Gasteiger partial charge in [0.05, 0.1) is 12.8 Å². The number of hydrogen-bond acceptors (Lipinski definition) is 4. The van der Waals surface area contributed by atoms with Gasteiger partial charge in [-0.05, 0) is 43.7 Å². The molecule has 0 unspecified atom stereocenters. The number of carbonyl (C=O) groups is 1. The molecule has 0 amide bonds. The highest BCUT2D eigenvalue weighted by Crippen LogP contribution is 2.31. The predicted molar refractivity (Wildman–Crippen MR) is 89.2 cm³/mol. The minimum Gasteiger partial charge on any atom is -0.493 e. The van der Waals surface area contributed by atoms with E-state index in [0.717, 1.165) is 11.3 Å². The van der Waals surface area contributed by atoms with Crippen molar-refractivity contribution in [2.24, 2.45) is 4.99 Å². The molecule has 1 N–H and O–H groups in total. The number of carboxylic acid groups (broad SMARTS) is 1. The molecule has 2 aromatic carbocycles. The summed E-state index contributed by atoms with van der Waals surface area (Å²) in [5.74, 6) is -0.218. The summed E-state index contributed by atoms with van der Waals surface area (Å²) in [7, 11) is 1.51. The highest BCUT2D eigenvalue weighted by molar-refractivity contribution is 5.87. The number of aryl methyl sites for hydroxylation is 1. The molecule has 0 saturated carbocycles. The standard InChI is InChI=1S/C18H19NO4/c1-12-6-4-8-15(10-12)19-11-14-7-5-9-16(22-3)17(14)23-13(2)18(20)21/h4-11,13H,1-3H3,(H,20,21)/t13-/m1/s1. The number of methoxy groups -OCH3 is 1. The van der Waals surface area contributed by atoms with Gasteiger partial charge in [0, 0.05) is 11.8 Å². The van der Waals surface area contributed by atoms with Gasteiger partial charge in [0.25, 0.3) is 0 Å². The van der Waals surface area contributed by atoms with Crippen molar-refractivity contribution in [1.82, 2.24) is 0 Å². The van der Waals surface area contributed by atoms with Gasteiger partial charge in [-0.1, -0.05) is 18.2 Å². The molecule has 23 heavy (non-hydrogen) atoms. The highest BCUT2D eigenvalue weighted by atomic mass is 16.5. The van der Waals surface area contributed by atoms with Crippen LogP contribution in [0.25, 0.3) is 0 Å². The number of benzene rings is 2. The van der Waals surface area contributed by atoms with E-state index < -0.39 is 12.1 Å². The van der Waals surface area contributed by atoms with Crippen LogP contribution in [-0.4, -0.2) is 30.5 Å². The first-order chi connectivity index (χ1) is 11.0. The number of aliphatic imine (C=N–C) groups is 1. The lowest BCUT2D eigenvalue weighted by Gasteiger charge is -2.15. The molecule has 0 aliphatic rings. The SMILES string of the molecule is COc1cccc(C=Nc2cccc(C)c2)c1O[C@H](C)C(=O)O. The number of hydrogen-bond donors (Lipinski definition) is 1. The molecule has 0 saturated heterocycles. The van der Waals surface area contributed by atoms with Gasteiger partial charge in [0.1, 0.15) is 0 Å². The van der Waals surface area contributed by atoms with Crippen LogP contribution in [0, 0.1) is 6.92 Å². The maximum atomic E-state index is 11.0. The maximum Gasteiger partial charge on any atom is 0.344 e. The van der Waals surface area contributed by atoms with Crippen LogP contribution >= 0.6 is 0 Å². The zero-order valence-corrected chi connectivity index (χ0v) is 13.3. The minimum absolute atomic E-state index is 0.362. The van der Waals surface area contributed by atoms with Gasteiger partial charge in [0.15, 0.2) is 17.6 Å². The molecular formula is C18H19NO4. The summed E-state index contributed by atoms with van der Waals surface area (Å²) in [5.41, 5.74) is 2.57. The lowest BCUT2D eigenvalue weighted by atomic mass is 10.2. The molecular weight excluding hydrogens is 294 g/mol. The fraction of sp³-hybridized carbons (Fsp3) is 0.222. The van der Waals surface area contributed by atoms with Gasteiger partial charge in [-0.3, -0.25) is 4.99 Å². The normalized spacial score (nSPS) is 12.1. The maximum absolute atomic E-state index is 11.0. The first kappa shape index (κ1) is 16.5. The van der Waals surface area contributed by atoms with Crippen molar-refractivity contribution in [3.05, 3.63) is 53.6 Å². The van der Waals surface area contributed by atoms with Crippen LogP contribution in [0.2, 0.25) is 0 Å². The third kappa shape index (κ3) is 4.32. The van der Waals surface area contributed by atoms with E-state index in [1.807, 2.05) is 31.2 Å². The zero-order valence-electron chi connectivity index (χ0n) is 13.3. The van der Waals surface area contributed by atoms with E-state index in [1.165, 1.54) is 14.0 Å². The Bertz CT molecular complexity index is 725. The van der Waals surface area contributed by atoms with Crippen molar-refractivity contribution in [1.29, 1.82) is 0 Å². The molecule has 1 atom stereocenters. The Balaban J connectivity index is 2.35. The number of ether oxygens (including phenoxy) is 2. The number of aliphatic carboxylic acids is 1. The van der Waals surface area contributed by atoms with E-state index in [2.05, 4.69) is 4.99 Å². The topological polar surface area (TPSA) is 68.1 Å². The van der Waals surface area contributed by atoms with E-state index in [1.54, 1.807) is 24.4 Å². The molecule has 2 rings (SSSR count). The Morgan fingerprint density at radius 1 is 1.26 bits per heavy atom. The fourth-order valence-electron chi connectivity index (χ4n) is 2.00. The first-order valence-electron chi connectivity index (χ1n) is 7.18. The molecule has 0 fully saturated rings. The lowest BCUT2D eigenvalue weighted by Crippen LogP contribution is -2.23. The third-order valence-corrected chi connectivity index (χ3v) is 3.23. The second-order valence-electron chi connectivity index (χ2n) is 5.07. The molecule has 0 aromatic heterocycles. The third-order valence-electron chi connectivity index (χ3n) is 3.23. The zero-order chi connectivity index (χ0) is 16.8. The van der Waals surface area contributed by atoms with Gasteiger partial charge in [0.2, 0.25) is 0 Å². The quantitative estimate of drug-likeness (QED) is 0.827. The van der Waals surface area contributed by atoms with Crippen molar-refractivity contribution < 1.29 is 19.4 Å². The predicted octanol–water partition coefficient (Wildman–Crippen LogP) is 3.61. The average molecular weight is 313 g/mol. The van der Waals surface area contributed by atoms with E-state index >= 15 is 0 Å². The summed E-state index contributed by atoms with van der Waals surface area (Å²) in [4.78, 5) is 15.4. The second-order valence-corrected chi connectivity index (χ2v) is 5.07. The second kappa shape index (κ2) is 7.45. The molecule has 2 aromatic rings. The molecule has 0 aliphatic heterocycles.